The van der Waals surface area contributed by atoms with Crippen molar-refractivity contribution in [1.82, 2.24) is 0 Å². The lowest BCUT2D eigenvalue weighted by Crippen LogP contribution is -2.02. The van der Waals surface area contributed by atoms with Gasteiger partial charge in [0.15, 0.2) is 11.6 Å². The van der Waals surface area contributed by atoms with E-state index in [2.05, 4.69) is 5.38 Å². The van der Waals surface area contributed by atoms with Gasteiger partial charge in [-0.25, -0.2) is 4.39 Å². The van der Waals surface area contributed by atoms with Gasteiger partial charge in [0.05, 0.1) is 6.61 Å². The Morgan fingerprint density at radius 2 is 2.19 bits per heavy atom. The number of halogens is 1. The van der Waals surface area contributed by atoms with Gasteiger partial charge in [0.25, 0.3) is 0 Å². The van der Waals surface area contributed by atoms with Crippen LogP contribution >= 0.6 is 11.3 Å². The van der Waals surface area contributed by atoms with Gasteiger partial charge in [-0.15, -0.1) is 0 Å². The molecular weight excluding hydrogens is 225 g/mol. The fraction of sp³-hybridized carbons (Fsp3) is 0.167. The number of thiophene rings is 1. The minimum absolute atomic E-state index is 0.254. The first kappa shape index (κ1) is 11.0. The van der Waals surface area contributed by atoms with E-state index in [0.717, 1.165) is 6.42 Å². The molecule has 1 aromatic carbocycles. The van der Waals surface area contributed by atoms with Crippen LogP contribution in [0, 0.1) is 5.82 Å². The molecule has 4 heteroatoms. The highest BCUT2D eigenvalue weighted by Crippen LogP contribution is 2.19. The third kappa shape index (κ3) is 2.73. The van der Waals surface area contributed by atoms with E-state index in [1.807, 2.05) is 11.4 Å². The number of ether oxygens (including phenoxy) is 1. The van der Waals surface area contributed by atoms with Gasteiger partial charge in [0.1, 0.15) is 0 Å². The lowest BCUT2D eigenvalue weighted by atomic mass is 10.2. The normalized spacial score (nSPS) is 10.3. The Hall–Kier alpha value is -1.55. The van der Waals surface area contributed by atoms with Gasteiger partial charge in [-0.1, -0.05) is 0 Å². The lowest BCUT2D eigenvalue weighted by Gasteiger charge is -2.06. The van der Waals surface area contributed by atoms with Gasteiger partial charge in [-0.3, -0.25) is 0 Å². The largest absolute Gasteiger partial charge is 0.490 e. The van der Waals surface area contributed by atoms with Gasteiger partial charge in [0, 0.05) is 18.2 Å². The second kappa shape index (κ2) is 4.99. The van der Waals surface area contributed by atoms with E-state index < -0.39 is 5.82 Å². The molecule has 1 heterocycles. The van der Waals surface area contributed by atoms with Gasteiger partial charge in [-0.2, -0.15) is 11.3 Å². The molecule has 0 radical (unpaired) electrons. The van der Waals surface area contributed by atoms with E-state index in [9.17, 15) is 4.39 Å². The van der Waals surface area contributed by atoms with Crippen molar-refractivity contribution in [3.8, 4) is 5.75 Å². The van der Waals surface area contributed by atoms with E-state index >= 15 is 0 Å². The van der Waals surface area contributed by atoms with E-state index in [1.165, 1.54) is 11.6 Å². The molecule has 0 bridgehead atoms. The average molecular weight is 237 g/mol. The molecular formula is C12H12FNOS. The van der Waals surface area contributed by atoms with E-state index in [0.29, 0.717) is 12.3 Å². The second-order valence-corrected chi connectivity index (χ2v) is 4.20. The van der Waals surface area contributed by atoms with Gasteiger partial charge in [0.2, 0.25) is 0 Å². The lowest BCUT2D eigenvalue weighted by molar-refractivity contribution is 0.305. The number of hydrogen-bond acceptors (Lipinski definition) is 3. The molecule has 0 amide bonds. The van der Waals surface area contributed by atoms with Crippen LogP contribution in [0.5, 0.6) is 5.75 Å². The summed E-state index contributed by atoms with van der Waals surface area (Å²) in [6.45, 7) is 0.470. The Bertz CT molecular complexity index is 456. The fourth-order valence-electron chi connectivity index (χ4n) is 1.35. The highest BCUT2D eigenvalue weighted by molar-refractivity contribution is 7.07. The first-order chi connectivity index (χ1) is 7.75. The summed E-state index contributed by atoms with van der Waals surface area (Å²) >= 11 is 1.64. The van der Waals surface area contributed by atoms with Crippen LogP contribution in [-0.4, -0.2) is 6.61 Å². The van der Waals surface area contributed by atoms with Crippen molar-refractivity contribution in [3.05, 3.63) is 46.4 Å². The summed E-state index contributed by atoms with van der Waals surface area (Å²) < 4.78 is 18.7. The van der Waals surface area contributed by atoms with Crippen LogP contribution in [0.25, 0.3) is 0 Å². The number of benzene rings is 1. The third-order valence-corrected chi connectivity index (χ3v) is 2.92. The highest BCUT2D eigenvalue weighted by Gasteiger charge is 2.03. The molecule has 2 aromatic rings. The number of anilines is 1. The van der Waals surface area contributed by atoms with Gasteiger partial charge < -0.3 is 10.5 Å². The zero-order chi connectivity index (χ0) is 11.4. The van der Waals surface area contributed by atoms with Crippen LogP contribution in [0.3, 0.4) is 0 Å². The third-order valence-electron chi connectivity index (χ3n) is 2.18. The first-order valence-electron chi connectivity index (χ1n) is 4.94. The van der Waals surface area contributed by atoms with Crippen molar-refractivity contribution in [3.63, 3.8) is 0 Å². The van der Waals surface area contributed by atoms with Crippen LogP contribution in [0.2, 0.25) is 0 Å². The quantitative estimate of drug-likeness (QED) is 0.829. The molecule has 0 aliphatic heterocycles. The molecule has 0 saturated heterocycles. The summed E-state index contributed by atoms with van der Waals surface area (Å²) in [5.41, 5.74) is 7.05. The average Bonchev–Trinajstić information content (AvgIpc) is 2.74. The summed E-state index contributed by atoms with van der Waals surface area (Å²) in [6.07, 6.45) is 0.785. The van der Waals surface area contributed by atoms with Crippen LogP contribution in [0.15, 0.2) is 35.0 Å². The molecule has 16 heavy (non-hydrogen) atoms. The first-order valence-corrected chi connectivity index (χ1v) is 5.89. The smallest absolute Gasteiger partial charge is 0.167 e. The zero-order valence-corrected chi connectivity index (χ0v) is 9.47. The van der Waals surface area contributed by atoms with Crippen LogP contribution in [0.4, 0.5) is 10.1 Å². The Balaban J connectivity index is 1.90. The van der Waals surface area contributed by atoms with Crippen molar-refractivity contribution in [2.45, 2.75) is 6.42 Å². The Labute approximate surface area is 97.5 Å². The van der Waals surface area contributed by atoms with Crippen molar-refractivity contribution in [2.24, 2.45) is 0 Å². The molecule has 2 rings (SSSR count). The maximum atomic E-state index is 13.3. The van der Waals surface area contributed by atoms with Gasteiger partial charge in [-0.05, 0) is 34.5 Å². The topological polar surface area (TPSA) is 35.2 Å². The van der Waals surface area contributed by atoms with Crippen LogP contribution in [0.1, 0.15) is 5.56 Å². The molecule has 0 fully saturated rings. The van der Waals surface area contributed by atoms with Crippen molar-refractivity contribution in [1.29, 1.82) is 0 Å². The Kier molecular flexibility index (Phi) is 3.41. The molecule has 0 atom stereocenters. The summed E-state index contributed by atoms with van der Waals surface area (Å²) in [5.74, 6) is -0.158. The van der Waals surface area contributed by atoms with Crippen LogP contribution < -0.4 is 10.5 Å². The van der Waals surface area contributed by atoms with E-state index in [4.69, 9.17) is 10.5 Å². The fourth-order valence-corrected chi connectivity index (χ4v) is 2.05. The van der Waals surface area contributed by atoms with Crippen molar-refractivity contribution < 1.29 is 9.13 Å². The molecule has 0 aliphatic carbocycles. The Morgan fingerprint density at radius 3 is 2.88 bits per heavy atom. The van der Waals surface area contributed by atoms with E-state index in [1.54, 1.807) is 23.5 Å². The van der Waals surface area contributed by atoms with Crippen molar-refractivity contribution >= 4 is 17.0 Å². The Morgan fingerprint density at radius 1 is 1.31 bits per heavy atom. The SMILES string of the molecule is Nc1ccc(OCCc2ccsc2)c(F)c1. The minimum atomic E-state index is -0.412. The maximum Gasteiger partial charge on any atom is 0.167 e. The number of rotatable bonds is 4. The highest BCUT2D eigenvalue weighted by atomic mass is 32.1. The summed E-state index contributed by atoms with van der Waals surface area (Å²) in [7, 11) is 0. The zero-order valence-electron chi connectivity index (χ0n) is 8.65. The number of hydrogen-bond donors (Lipinski definition) is 1. The molecule has 1 aromatic heterocycles. The van der Waals surface area contributed by atoms with Crippen molar-refractivity contribution in [2.75, 3.05) is 12.3 Å². The molecule has 0 spiro atoms. The molecule has 2 N–H and O–H groups in total. The number of nitrogen functional groups attached to an aromatic ring is 1. The molecule has 0 aliphatic rings. The second-order valence-electron chi connectivity index (χ2n) is 3.42. The summed E-state index contributed by atoms with van der Waals surface area (Å²) in [6, 6.07) is 6.48. The molecule has 0 unspecified atom stereocenters. The number of nitrogens with two attached hydrogens (primary N) is 1. The predicted octanol–water partition coefficient (Wildman–Crippen LogP) is 3.09. The monoisotopic (exact) mass is 237 g/mol. The summed E-state index contributed by atoms with van der Waals surface area (Å²) in [5, 5.41) is 4.07. The standard InChI is InChI=1S/C12H12FNOS/c13-11-7-10(14)1-2-12(11)15-5-3-9-4-6-16-8-9/h1-2,4,6-8H,3,5,14H2. The van der Waals surface area contributed by atoms with Crippen LogP contribution in [-0.2, 0) is 6.42 Å². The maximum absolute atomic E-state index is 13.3. The van der Waals surface area contributed by atoms with E-state index in [-0.39, 0.29) is 5.75 Å². The predicted molar refractivity (Wildman–Crippen MR) is 64.3 cm³/mol. The van der Waals surface area contributed by atoms with Gasteiger partial charge >= 0.3 is 0 Å². The minimum Gasteiger partial charge on any atom is -0.490 e. The molecule has 84 valence electrons. The molecule has 2 nitrogen and oxygen atoms in total. The summed E-state index contributed by atoms with van der Waals surface area (Å²) in [4.78, 5) is 0. The molecule has 0 saturated carbocycles.